The quantitative estimate of drug-likeness (QED) is 0.838. The third kappa shape index (κ3) is 3.32. The molecule has 1 fully saturated rings. The number of aryl methyl sites for hydroxylation is 1. The van der Waals surface area contributed by atoms with Gasteiger partial charge in [-0.25, -0.2) is 4.39 Å². The molecule has 20 heavy (non-hydrogen) atoms. The van der Waals surface area contributed by atoms with Crippen LogP contribution in [-0.4, -0.2) is 17.3 Å². The molecule has 110 valence electrons. The zero-order chi connectivity index (χ0) is 14.8. The number of hydrogen-bond donors (Lipinski definition) is 1. The number of carbonyl (C=O) groups excluding carboxylic acids is 1. The Kier molecular flexibility index (Phi) is 4.69. The third-order valence-corrected chi connectivity index (χ3v) is 4.74. The fraction of sp³-hybridized carbons (Fsp3) is 0.562. The van der Waals surface area contributed by atoms with Crippen LogP contribution in [0, 0.1) is 18.7 Å². The van der Waals surface area contributed by atoms with Crippen LogP contribution in [-0.2, 0) is 0 Å². The Morgan fingerprint density at radius 1 is 1.45 bits per heavy atom. The van der Waals surface area contributed by atoms with E-state index in [1.54, 1.807) is 12.1 Å². The van der Waals surface area contributed by atoms with Gasteiger partial charge in [0.05, 0.1) is 11.1 Å². The minimum Gasteiger partial charge on any atom is -0.345 e. The van der Waals surface area contributed by atoms with E-state index in [-0.39, 0.29) is 17.0 Å². The van der Waals surface area contributed by atoms with Crippen LogP contribution in [0.15, 0.2) is 18.2 Å². The van der Waals surface area contributed by atoms with E-state index in [0.29, 0.717) is 11.8 Å². The predicted molar refractivity (Wildman–Crippen MR) is 79.7 cm³/mol. The number of rotatable bonds is 3. The van der Waals surface area contributed by atoms with Gasteiger partial charge in [0, 0.05) is 5.88 Å². The van der Waals surface area contributed by atoms with Gasteiger partial charge < -0.3 is 5.32 Å². The molecular formula is C16H21ClFNO. The van der Waals surface area contributed by atoms with E-state index in [4.69, 9.17) is 11.6 Å². The van der Waals surface area contributed by atoms with Crippen LogP contribution >= 0.6 is 11.6 Å². The Labute approximate surface area is 124 Å². The molecule has 0 spiro atoms. The van der Waals surface area contributed by atoms with Crippen molar-refractivity contribution in [1.82, 2.24) is 5.32 Å². The van der Waals surface area contributed by atoms with Gasteiger partial charge in [0.2, 0.25) is 0 Å². The van der Waals surface area contributed by atoms with Crippen LogP contribution in [0.3, 0.4) is 0 Å². The van der Waals surface area contributed by atoms with Crippen molar-refractivity contribution in [3.05, 3.63) is 35.1 Å². The van der Waals surface area contributed by atoms with Gasteiger partial charge in [0.1, 0.15) is 5.82 Å². The highest BCUT2D eigenvalue weighted by atomic mass is 35.5. The molecule has 2 nitrogen and oxygen atoms in total. The summed E-state index contributed by atoms with van der Waals surface area (Å²) in [5.41, 5.74) is 0.586. The number of carbonyl (C=O) groups is 1. The zero-order valence-corrected chi connectivity index (χ0v) is 12.8. The van der Waals surface area contributed by atoms with Crippen molar-refractivity contribution in [1.29, 1.82) is 0 Å². The molecule has 0 unspecified atom stereocenters. The molecule has 0 aromatic heterocycles. The number of nitrogens with one attached hydrogen (secondary N) is 1. The summed E-state index contributed by atoms with van der Waals surface area (Å²) in [7, 11) is 0. The number of halogens is 2. The Morgan fingerprint density at radius 2 is 2.10 bits per heavy atom. The zero-order valence-electron chi connectivity index (χ0n) is 12.0. The fourth-order valence-electron chi connectivity index (χ4n) is 2.73. The Morgan fingerprint density at radius 3 is 2.70 bits per heavy atom. The Balaban J connectivity index is 2.15. The van der Waals surface area contributed by atoms with Gasteiger partial charge in [-0.3, -0.25) is 4.79 Å². The Bertz CT molecular complexity index is 495. The molecule has 1 aliphatic rings. The van der Waals surface area contributed by atoms with E-state index in [1.165, 1.54) is 6.07 Å². The first-order valence-electron chi connectivity index (χ1n) is 7.10. The van der Waals surface area contributed by atoms with Crippen LogP contribution in [0.4, 0.5) is 4.39 Å². The van der Waals surface area contributed by atoms with E-state index in [9.17, 15) is 9.18 Å². The molecule has 0 aliphatic heterocycles. The SMILES string of the molecule is Cc1ccc(F)c(C(=O)NC2(CCl)CCC(C)CC2)c1. The molecule has 1 N–H and O–H groups in total. The minimum absolute atomic E-state index is 0.105. The first kappa shape index (κ1) is 15.3. The van der Waals surface area contributed by atoms with Crippen molar-refractivity contribution in [2.24, 2.45) is 5.92 Å². The topological polar surface area (TPSA) is 29.1 Å². The smallest absolute Gasteiger partial charge is 0.254 e. The monoisotopic (exact) mass is 297 g/mol. The second-order valence-electron chi connectivity index (χ2n) is 6.03. The summed E-state index contributed by atoms with van der Waals surface area (Å²) in [5, 5.41) is 2.98. The number of amides is 1. The van der Waals surface area contributed by atoms with Crippen LogP contribution in [0.2, 0.25) is 0 Å². The summed E-state index contributed by atoms with van der Waals surface area (Å²) in [4.78, 5) is 12.3. The van der Waals surface area contributed by atoms with E-state index >= 15 is 0 Å². The largest absolute Gasteiger partial charge is 0.345 e. The second-order valence-corrected chi connectivity index (χ2v) is 6.30. The summed E-state index contributed by atoms with van der Waals surface area (Å²) in [6.07, 6.45) is 3.81. The van der Waals surface area contributed by atoms with E-state index < -0.39 is 5.82 Å². The maximum Gasteiger partial charge on any atom is 0.254 e. The summed E-state index contributed by atoms with van der Waals surface area (Å²) >= 11 is 6.08. The highest BCUT2D eigenvalue weighted by molar-refractivity contribution is 6.19. The third-order valence-electron chi connectivity index (χ3n) is 4.23. The van der Waals surface area contributed by atoms with Crippen molar-refractivity contribution in [3.63, 3.8) is 0 Å². The second kappa shape index (κ2) is 6.13. The van der Waals surface area contributed by atoms with Crippen LogP contribution in [0.1, 0.15) is 48.5 Å². The highest BCUT2D eigenvalue weighted by Gasteiger charge is 2.35. The molecule has 1 amide bonds. The summed E-state index contributed by atoms with van der Waals surface area (Å²) in [6.45, 7) is 4.05. The minimum atomic E-state index is -0.484. The lowest BCUT2D eigenvalue weighted by Gasteiger charge is -2.38. The number of alkyl halides is 1. The molecule has 0 radical (unpaired) electrons. The molecule has 1 aromatic carbocycles. The molecule has 0 saturated heterocycles. The molecule has 1 aromatic rings. The van der Waals surface area contributed by atoms with Crippen molar-refractivity contribution >= 4 is 17.5 Å². The molecule has 0 atom stereocenters. The van der Waals surface area contributed by atoms with Crippen LogP contribution in [0.5, 0.6) is 0 Å². The summed E-state index contributed by atoms with van der Waals surface area (Å²) in [5.74, 6) is 0.196. The predicted octanol–water partition coefficient (Wildman–Crippen LogP) is 4.05. The molecular weight excluding hydrogens is 277 g/mol. The van der Waals surface area contributed by atoms with E-state index in [0.717, 1.165) is 31.2 Å². The van der Waals surface area contributed by atoms with Crippen LogP contribution in [0.25, 0.3) is 0 Å². The van der Waals surface area contributed by atoms with Gasteiger partial charge in [0.25, 0.3) is 5.91 Å². The van der Waals surface area contributed by atoms with E-state index in [1.807, 2.05) is 6.92 Å². The summed E-state index contributed by atoms with van der Waals surface area (Å²) < 4.78 is 13.8. The van der Waals surface area contributed by atoms with Gasteiger partial charge in [-0.1, -0.05) is 18.6 Å². The van der Waals surface area contributed by atoms with Gasteiger partial charge >= 0.3 is 0 Å². The number of benzene rings is 1. The normalized spacial score (nSPS) is 26.3. The molecule has 1 aliphatic carbocycles. The lowest BCUT2D eigenvalue weighted by Crippen LogP contribution is -2.52. The molecule has 1 saturated carbocycles. The van der Waals surface area contributed by atoms with Gasteiger partial charge in [-0.05, 0) is 50.7 Å². The first-order valence-corrected chi connectivity index (χ1v) is 7.64. The van der Waals surface area contributed by atoms with Crippen molar-refractivity contribution < 1.29 is 9.18 Å². The molecule has 2 rings (SSSR count). The molecule has 0 heterocycles. The number of hydrogen-bond acceptors (Lipinski definition) is 1. The van der Waals surface area contributed by atoms with Crippen molar-refractivity contribution in [2.45, 2.75) is 45.1 Å². The molecule has 4 heteroatoms. The summed E-state index contributed by atoms with van der Waals surface area (Å²) in [6, 6.07) is 4.57. The maximum atomic E-state index is 13.8. The lowest BCUT2D eigenvalue weighted by atomic mass is 9.78. The van der Waals surface area contributed by atoms with Crippen molar-refractivity contribution in [3.8, 4) is 0 Å². The standard InChI is InChI=1S/C16H21ClFNO/c1-11-5-7-16(10-17,8-6-11)19-15(20)13-9-12(2)3-4-14(13)18/h3-4,9,11H,5-8,10H2,1-2H3,(H,19,20). The van der Waals surface area contributed by atoms with Gasteiger partial charge in [-0.2, -0.15) is 0 Å². The molecule has 0 bridgehead atoms. The average Bonchev–Trinajstić information content (AvgIpc) is 2.44. The Hall–Kier alpha value is -1.09. The van der Waals surface area contributed by atoms with Crippen molar-refractivity contribution in [2.75, 3.05) is 5.88 Å². The lowest BCUT2D eigenvalue weighted by molar-refractivity contribution is 0.0868. The first-order chi connectivity index (χ1) is 9.46. The van der Waals surface area contributed by atoms with Gasteiger partial charge in [0.15, 0.2) is 0 Å². The van der Waals surface area contributed by atoms with Gasteiger partial charge in [-0.15, -0.1) is 11.6 Å². The maximum absolute atomic E-state index is 13.8. The fourth-order valence-corrected chi connectivity index (χ4v) is 3.06. The van der Waals surface area contributed by atoms with E-state index in [2.05, 4.69) is 12.2 Å². The van der Waals surface area contributed by atoms with Crippen LogP contribution < -0.4 is 5.32 Å². The average molecular weight is 298 g/mol. The highest BCUT2D eigenvalue weighted by Crippen LogP contribution is 2.33.